The summed E-state index contributed by atoms with van der Waals surface area (Å²) in [6, 6.07) is 0. The Morgan fingerprint density at radius 2 is 2.09 bits per heavy atom. The molecule has 60 valence electrons. The lowest BCUT2D eigenvalue weighted by Gasteiger charge is -1.86. The number of nitrogens with one attached hydrogen (secondary N) is 1. The molecule has 0 aromatic carbocycles. The molecule has 1 N–H and O–H groups in total. The van der Waals surface area contributed by atoms with Gasteiger partial charge >= 0.3 is 0 Å². The third-order valence-corrected chi connectivity index (χ3v) is 2.20. The predicted octanol–water partition coefficient (Wildman–Crippen LogP) is 3.49. The van der Waals surface area contributed by atoms with E-state index >= 15 is 0 Å². The van der Waals surface area contributed by atoms with Gasteiger partial charge in [-0.2, -0.15) is 0 Å². The lowest BCUT2D eigenvalue weighted by Crippen LogP contribution is -1.77. The van der Waals surface area contributed by atoms with Crippen LogP contribution in [0.1, 0.15) is 5.82 Å². The summed E-state index contributed by atoms with van der Waals surface area (Å²) in [6.45, 7) is 0. The Hall–Kier alpha value is 0.110. The van der Waals surface area contributed by atoms with E-state index in [2.05, 4.69) is 9.97 Å². The predicted molar refractivity (Wildman–Crippen MR) is 48.3 cm³/mol. The summed E-state index contributed by atoms with van der Waals surface area (Å²) in [5.41, 5.74) is 1.17. The molecule has 0 saturated carbocycles. The summed E-state index contributed by atoms with van der Waals surface area (Å²) < 4.78 is 0. The van der Waals surface area contributed by atoms with Crippen molar-refractivity contribution >= 4 is 51.4 Å². The zero-order chi connectivity index (χ0) is 8.43. The van der Waals surface area contributed by atoms with Crippen molar-refractivity contribution in [2.45, 2.75) is 0 Å². The number of imidazole rings is 1. The van der Waals surface area contributed by atoms with Gasteiger partial charge < -0.3 is 4.98 Å². The van der Waals surface area contributed by atoms with Crippen molar-refractivity contribution in [2.75, 3.05) is 0 Å². The number of aromatic nitrogens is 2. The molecular weight excluding hydrogens is 230 g/mol. The van der Waals surface area contributed by atoms with Crippen molar-refractivity contribution < 1.29 is 0 Å². The first kappa shape index (κ1) is 9.20. The van der Waals surface area contributed by atoms with E-state index < -0.39 is 0 Å². The molecule has 2 nitrogen and oxygen atoms in total. The van der Waals surface area contributed by atoms with Crippen molar-refractivity contribution in [2.24, 2.45) is 0 Å². The van der Waals surface area contributed by atoms with Crippen molar-refractivity contribution in [3.05, 3.63) is 21.7 Å². The summed E-state index contributed by atoms with van der Waals surface area (Å²) in [5, 5.41) is 0.692. The minimum absolute atomic E-state index is 0.179. The van der Waals surface area contributed by atoms with Crippen LogP contribution in [0.4, 0.5) is 0 Å². The summed E-state index contributed by atoms with van der Waals surface area (Å²) >= 11 is 22.0. The third-order valence-electron chi connectivity index (χ3n) is 0.941. The van der Waals surface area contributed by atoms with Crippen molar-refractivity contribution in [3.63, 3.8) is 0 Å². The first-order chi connectivity index (χ1) is 5.15. The highest BCUT2D eigenvalue weighted by molar-refractivity contribution is 6.52. The largest absolute Gasteiger partial charge is 0.327 e. The van der Waals surface area contributed by atoms with Crippen LogP contribution >= 0.6 is 46.4 Å². The summed E-state index contributed by atoms with van der Waals surface area (Å²) in [7, 11) is 0. The van der Waals surface area contributed by atoms with E-state index in [0.29, 0.717) is 5.82 Å². The maximum absolute atomic E-state index is 5.59. The van der Waals surface area contributed by atoms with Crippen LogP contribution in [0.25, 0.3) is 5.03 Å². The summed E-state index contributed by atoms with van der Waals surface area (Å²) in [4.78, 5) is 6.41. The zero-order valence-corrected chi connectivity index (χ0v) is 8.06. The Labute approximate surface area is 83.1 Å². The molecule has 0 radical (unpaired) electrons. The minimum atomic E-state index is 0.179. The highest BCUT2D eigenvalue weighted by Gasteiger charge is 2.07. The van der Waals surface area contributed by atoms with E-state index in [4.69, 9.17) is 46.4 Å². The summed E-state index contributed by atoms with van der Waals surface area (Å²) in [6.07, 6.45) is 0. The lowest BCUT2D eigenvalue weighted by atomic mass is 10.6. The van der Waals surface area contributed by atoms with Gasteiger partial charge in [0.05, 0.1) is 5.03 Å². The molecule has 1 aromatic rings. The van der Waals surface area contributed by atoms with E-state index in [9.17, 15) is 0 Å². The average molecular weight is 232 g/mol. The molecule has 6 heteroatoms. The van der Waals surface area contributed by atoms with Gasteiger partial charge in [0.15, 0.2) is 11.0 Å². The highest BCUT2D eigenvalue weighted by atomic mass is 35.5. The van der Waals surface area contributed by atoms with E-state index in [1.54, 1.807) is 0 Å². The maximum Gasteiger partial charge on any atom is 0.166 e. The Kier molecular flexibility index (Phi) is 3.07. The van der Waals surface area contributed by atoms with Crippen LogP contribution in [0.2, 0.25) is 10.3 Å². The Morgan fingerprint density at radius 3 is 2.45 bits per heavy atom. The maximum atomic E-state index is 5.59. The van der Waals surface area contributed by atoms with Gasteiger partial charge in [-0.1, -0.05) is 46.4 Å². The first-order valence-corrected chi connectivity index (χ1v) is 4.09. The first-order valence-electron chi connectivity index (χ1n) is 2.52. The third kappa shape index (κ3) is 2.03. The van der Waals surface area contributed by atoms with E-state index in [1.165, 1.54) is 5.54 Å². The number of H-pyrrole nitrogens is 1. The summed E-state index contributed by atoms with van der Waals surface area (Å²) in [5.74, 6) is 0.358. The molecule has 0 fully saturated rings. The topological polar surface area (TPSA) is 28.7 Å². The highest BCUT2D eigenvalue weighted by Crippen LogP contribution is 2.24. The van der Waals surface area contributed by atoms with Crippen LogP contribution in [0.3, 0.4) is 0 Å². The number of rotatable bonds is 1. The van der Waals surface area contributed by atoms with Crippen molar-refractivity contribution in [3.8, 4) is 0 Å². The fraction of sp³-hybridized carbons (Fsp3) is 0. The standard InChI is InChI=1S/C5H2Cl4N2/c6-1-2(7)5-10-3(8)4(9)11-5/h1H,(H,10,11)/b2-1-. The SMILES string of the molecule is Cl/C=C(\Cl)c1nc(Cl)c(Cl)[nH]1. The number of hydrogen-bond donors (Lipinski definition) is 1. The zero-order valence-electron chi connectivity index (χ0n) is 5.04. The van der Waals surface area contributed by atoms with Crippen LogP contribution in [-0.2, 0) is 0 Å². The minimum Gasteiger partial charge on any atom is -0.327 e. The lowest BCUT2D eigenvalue weighted by molar-refractivity contribution is 1.26. The molecule has 0 amide bonds. The molecule has 0 unspecified atom stereocenters. The molecule has 11 heavy (non-hydrogen) atoms. The van der Waals surface area contributed by atoms with Gasteiger partial charge in [0.2, 0.25) is 0 Å². The molecule has 1 aromatic heterocycles. The van der Waals surface area contributed by atoms with Gasteiger partial charge in [0, 0.05) is 5.54 Å². The molecule has 0 saturated heterocycles. The smallest absolute Gasteiger partial charge is 0.166 e. The fourth-order valence-corrected chi connectivity index (χ4v) is 0.952. The second-order valence-electron chi connectivity index (χ2n) is 1.65. The van der Waals surface area contributed by atoms with Crippen molar-refractivity contribution in [1.29, 1.82) is 0 Å². The average Bonchev–Trinajstić information content (AvgIpc) is 2.31. The Balaban J connectivity index is 3.07. The normalized spacial score (nSPS) is 12.2. The molecule has 1 rings (SSSR count). The van der Waals surface area contributed by atoms with Crippen LogP contribution in [0, 0.1) is 0 Å². The van der Waals surface area contributed by atoms with Gasteiger partial charge in [-0.15, -0.1) is 0 Å². The van der Waals surface area contributed by atoms with Gasteiger partial charge in [-0.05, 0) is 0 Å². The second-order valence-corrected chi connectivity index (χ2v) is 3.01. The fourth-order valence-electron chi connectivity index (χ4n) is 0.496. The molecule has 0 aliphatic carbocycles. The van der Waals surface area contributed by atoms with E-state index in [-0.39, 0.29) is 15.3 Å². The van der Waals surface area contributed by atoms with Crippen LogP contribution in [0.15, 0.2) is 5.54 Å². The molecule has 0 atom stereocenters. The molecule has 1 heterocycles. The van der Waals surface area contributed by atoms with Gasteiger partial charge in [0.1, 0.15) is 5.15 Å². The Bertz CT molecular complexity index is 271. The quantitative estimate of drug-likeness (QED) is 0.788. The molecule has 0 aliphatic rings. The van der Waals surface area contributed by atoms with E-state index in [1.807, 2.05) is 0 Å². The van der Waals surface area contributed by atoms with Gasteiger partial charge in [-0.25, -0.2) is 4.98 Å². The molecule has 0 aliphatic heterocycles. The number of halogens is 4. The van der Waals surface area contributed by atoms with Gasteiger partial charge in [-0.3, -0.25) is 0 Å². The second kappa shape index (κ2) is 3.68. The monoisotopic (exact) mass is 230 g/mol. The molecule has 0 bridgehead atoms. The van der Waals surface area contributed by atoms with Gasteiger partial charge in [0.25, 0.3) is 0 Å². The van der Waals surface area contributed by atoms with Crippen molar-refractivity contribution in [1.82, 2.24) is 9.97 Å². The van der Waals surface area contributed by atoms with Crippen LogP contribution in [-0.4, -0.2) is 9.97 Å². The Morgan fingerprint density at radius 1 is 1.45 bits per heavy atom. The number of aromatic amines is 1. The van der Waals surface area contributed by atoms with E-state index in [0.717, 1.165) is 0 Å². The van der Waals surface area contributed by atoms with Crippen LogP contribution < -0.4 is 0 Å². The molecule has 0 spiro atoms. The van der Waals surface area contributed by atoms with Crippen LogP contribution in [0.5, 0.6) is 0 Å². The number of nitrogens with zero attached hydrogens (tertiary/aromatic N) is 1. The number of hydrogen-bond acceptors (Lipinski definition) is 1. The molecular formula is C5H2Cl4N2.